The number of hydrogen-bond donors (Lipinski definition) is 0. The molecule has 0 atom stereocenters. The summed E-state index contributed by atoms with van der Waals surface area (Å²) in [5.41, 5.74) is -0.117. The van der Waals surface area contributed by atoms with Gasteiger partial charge in [0.15, 0.2) is 5.82 Å². The average Bonchev–Trinajstić information content (AvgIpc) is 2.94. The molecule has 2 aromatic heterocycles. The minimum Gasteiger partial charge on any atom is -0.398 e. The van der Waals surface area contributed by atoms with Crippen LogP contribution in [0.4, 0.5) is 0 Å². The summed E-state index contributed by atoms with van der Waals surface area (Å²) in [5.74, 6) is 0.711. The van der Waals surface area contributed by atoms with E-state index in [0.717, 1.165) is 0 Å². The van der Waals surface area contributed by atoms with Crippen LogP contribution in [0.25, 0.3) is 5.82 Å². The first-order valence-electron chi connectivity index (χ1n) is 6.58. The standard InChI is InChI=1S/C13H17BN4O2/c1-12(2)13(3,4)20-14(19-12)10-9-18(17-16-10)11-7-5-6-8-15-11/h5-9H,1-4H3. The van der Waals surface area contributed by atoms with Crippen molar-refractivity contribution < 1.29 is 9.31 Å². The molecule has 0 radical (unpaired) electrons. The first kappa shape index (κ1) is 13.3. The molecule has 7 heteroatoms. The van der Waals surface area contributed by atoms with Crippen LogP contribution in [0.2, 0.25) is 0 Å². The van der Waals surface area contributed by atoms with E-state index in [1.54, 1.807) is 17.1 Å². The Labute approximate surface area is 118 Å². The number of hydrogen-bond acceptors (Lipinski definition) is 5. The van der Waals surface area contributed by atoms with Crippen molar-refractivity contribution in [3.63, 3.8) is 0 Å². The van der Waals surface area contributed by atoms with Crippen LogP contribution in [0.15, 0.2) is 30.6 Å². The molecule has 0 spiro atoms. The summed E-state index contributed by atoms with van der Waals surface area (Å²) >= 11 is 0. The second kappa shape index (κ2) is 4.39. The van der Waals surface area contributed by atoms with Gasteiger partial charge in [0.2, 0.25) is 0 Å². The molecule has 1 aliphatic heterocycles. The molecule has 0 aromatic carbocycles. The van der Waals surface area contributed by atoms with Crippen LogP contribution in [0.5, 0.6) is 0 Å². The topological polar surface area (TPSA) is 62.1 Å². The third-order valence-corrected chi connectivity index (χ3v) is 3.89. The van der Waals surface area contributed by atoms with Crippen LogP contribution in [0.1, 0.15) is 27.7 Å². The van der Waals surface area contributed by atoms with Gasteiger partial charge in [0.25, 0.3) is 0 Å². The van der Waals surface area contributed by atoms with Gasteiger partial charge in [0.1, 0.15) is 5.59 Å². The van der Waals surface area contributed by atoms with Crippen molar-refractivity contribution in [2.24, 2.45) is 0 Å². The highest BCUT2D eigenvalue weighted by molar-refractivity contribution is 6.61. The van der Waals surface area contributed by atoms with Crippen LogP contribution < -0.4 is 5.59 Å². The molecular weight excluding hydrogens is 255 g/mol. The average molecular weight is 272 g/mol. The van der Waals surface area contributed by atoms with E-state index in [1.165, 1.54) is 0 Å². The van der Waals surface area contributed by atoms with Crippen molar-refractivity contribution in [2.45, 2.75) is 38.9 Å². The maximum absolute atomic E-state index is 5.94. The molecule has 1 aliphatic rings. The van der Waals surface area contributed by atoms with Crippen molar-refractivity contribution in [1.29, 1.82) is 0 Å². The van der Waals surface area contributed by atoms with E-state index in [1.807, 2.05) is 45.9 Å². The third kappa shape index (κ3) is 2.12. The molecule has 3 rings (SSSR count). The van der Waals surface area contributed by atoms with Crippen molar-refractivity contribution in [3.8, 4) is 5.82 Å². The molecule has 20 heavy (non-hydrogen) atoms. The molecular formula is C13H17BN4O2. The Kier molecular flexibility index (Phi) is 2.91. The Balaban J connectivity index is 1.86. The van der Waals surface area contributed by atoms with Gasteiger partial charge in [-0.25, -0.2) is 9.67 Å². The first-order valence-corrected chi connectivity index (χ1v) is 6.58. The molecule has 2 aromatic rings. The van der Waals surface area contributed by atoms with Crippen LogP contribution in [0, 0.1) is 0 Å². The Morgan fingerprint density at radius 1 is 1.10 bits per heavy atom. The number of aromatic nitrogens is 4. The second-order valence-corrected chi connectivity index (χ2v) is 5.86. The molecule has 0 N–H and O–H groups in total. The van der Waals surface area contributed by atoms with Crippen molar-refractivity contribution in [1.82, 2.24) is 20.0 Å². The molecule has 1 saturated heterocycles. The van der Waals surface area contributed by atoms with Crippen molar-refractivity contribution >= 4 is 12.7 Å². The highest BCUT2D eigenvalue weighted by Crippen LogP contribution is 2.36. The van der Waals surface area contributed by atoms with Crippen molar-refractivity contribution in [2.75, 3.05) is 0 Å². The molecule has 6 nitrogen and oxygen atoms in total. The van der Waals surface area contributed by atoms with Gasteiger partial charge in [0, 0.05) is 6.20 Å². The molecule has 104 valence electrons. The lowest BCUT2D eigenvalue weighted by molar-refractivity contribution is 0.00578. The lowest BCUT2D eigenvalue weighted by atomic mass is 9.86. The fourth-order valence-electron chi connectivity index (χ4n) is 1.95. The van der Waals surface area contributed by atoms with E-state index >= 15 is 0 Å². The fraction of sp³-hybridized carbons (Fsp3) is 0.462. The van der Waals surface area contributed by atoms with Crippen LogP contribution >= 0.6 is 0 Å². The molecule has 0 amide bonds. The molecule has 0 aliphatic carbocycles. The van der Waals surface area contributed by atoms with Gasteiger partial charge in [-0.15, -0.1) is 5.10 Å². The predicted molar refractivity (Wildman–Crippen MR) is 74.9 cm³/mol. The first-order chi connectivity index (χ1) is 9.39. The largest absolute Gasteiger partial charge is 0.518 e. The summed E-state index contributed by atoms with van der Waals surface area (Å²) in [7, 11) is -0.502. The van der Waals surface area contributed by atoms with Gasteiger partial charge >= 0.3 is 7.12 Å². The SMILES string of the molecule is CC1(C)OB(c2cn(-c3ccccn3)nn2)OC1(C)C. The summed E-state index contributed by atoms with van der Waals surface area (Å²) in [6, 6.07) is 5.62. The van der Waals surface area contributed by atoms with Gasteiger partial charge in [0.05, 0.1) is 17.4 Å². The Morgan fingerprint density at radius 2 is 1.80 bits per heavy atom. The zero-order valence-electron chi connectivity index (χ0n) is 12.1. The minimum absolute atomic E-state index is 0.382. The molecule has 0 saturated carbocycles. The quantitative estimate of drug-likeness (QED) is 0.762. The molecule has 3 heterocycles. The van der Waals surface area contributed by atoms with E-state index in [9.17, 15) is 0 Å². The molecule has 0 bridgehead atoms. The fourth-order valence-corrected chi connectivity index (χ4v) is 1.95. The summed E-state index contributed by atoms with van der Waals surface area (Å²) in [5, 5.41) is 8.20. The zero-order chi connectivity index (χ0) is 14.4. The van der Waals surface area contributed by atoms with Gasteiger partial charge in [-0.3, -0.25) is 0 Å². The highest BCUT2D eigenvalue weighted by atomic mass is 16.7. The van der Waals surface area contributed by atoms with E-state index in [2.05, 4.69) is 15.3 Å². The van der Waals surface area contributed by atoms with Gasteiger partial charge in [-0.2, -0.15) is 0 Å². The Bertz CT molecular complexity index is 596. The van der Waals surface area contributed by atoms with E-state index in [-0.39, 0.29) is 11.2 Å². The van der Waals surface area contributed by atoms with Crippen LogP contribution in [-0.2, 0) is 9.31 Å². The second-order valence-electron chi connectivity index (χ2n) is 5.86. The predicted octanol–water partition coefficient (Wildman–Crippen LogP) is 0.961. The summed E-state index contributed by atoms with van der Waals surface area (Å²) < 4.78 is 13.5. The number of nitrogens with zero attached hydrogens (tertiary/aromatic N) is 4. The van der Waals surface area contributed by atoms with Gasteiger partial charge in [-0.1, -0.05) is 11.3 Å². The van der Waals surface area contributed by atoms with Crippen molar-refractivity contribution in [3.05, 3.63) is 30.6 Å². The molecule has 1 fully saturated rings. The monoisotopic (exact) mass is 272 g/mol. The van der Waals surface area contributed by atoms with E-state index in [0.29, 0.717) is 11.4 Å². The van der Waals surface area contributed by atoms with Crippen LogP contribution in [-0.4, -0.2) is 38.3 Å². The summed E-state index contributed by atoms with van der Waals surface area (Å²) in [4.78, 5) is 4.22. The zero-order valence-corrected chi connectivity index (χ0v) is 12.1. The van der Waals surface area contributed by atoms with E-state index in [4.69, 9.17) is 9.31 Å². The summed E-state index contributed by atoms with van der Waals surface area (Å²) in [6.45, 7) is 8.04. The maximum Gasteiger partial charge on any atom is 0.518 e. The summed E-state index contributed by atoms with van der Waals surface area (Å²) in [6.07, 6.45) is 3.50. The van der Waals surface area contributed by atoms with E-state index < -0.39 is 7.12 Å². The van der Waals surface area contributed by atoms with Gasteiger partial charge < -0.3 is 9.31 Å². The lowest BCUT2D eigenvalue weighted by Gasteiger charge is -2.32. The number of rotatable bonds is 2. The number of pyridine rings is 1. The van der Waals surface area contributed by atoms with Crippen LogP contribution in [0.3, 0.4) is 0 Å². The maximum atomic E-state index is 5.94. The normalized spacial score (nSPS) is 20.3. The van der Waals surface area contributed by atoms with Gasteiger partial charge in [-0.05, 0) is 39.8 Å². The smallest absolute Gasteiger partial charge is 0.398 e. The third-order valence-electron chi connectivity index (χ3n) is 3.89. The Hall–Kier alpha value is -1.73. The highest BCUT2D eigenvalue weighted by Gasteiger charge is 2.52. The molecule has 0 unspecified atom stereocenters. The Morgan fingerprint density at radius 3 is 2.40 bits per heavy atom. The minimum atomic E-state index is -0.502. The lowest BCUT2D eigenvalue weighted by Crippen LogP contribution is -2.41.